The van der Waals surface area contributed by atoms with Gasteiger partial charge in [0.1, 0.15) is 11.4 Å². The topological polar surface area (TPSA) is 46.8 Å². The zero-order valence-corrected chi connectivity index (χ0v) is 16.6. The molecule has 146 valence electrons. The molecule has 1 saturated heterocycles. The first-order valence-corrected chi connectivity index (χ1v) is 10.0. The molecule has 1 aromatic carbocycles. The molecule has 1 fully saturated rings. The van der Waals surface area contributed by atoms with E-state index in [4.69, 9.17) is 9.72 Å². The van der Waals surface area contributed by atoms with Gasteiger partial charge in [0, 0.05) is 24.8 Å². The van der Waals surface area contributed by atoms with Gasteiger partial charge in [-0.3, -0.25) is 14.1 Å². The van der Waals surface area contributed by atoms with Crippen molar-refractivity contribution in [2.45, 2.75) is 45.2 Å². The highest BCUT2D eigenvalue weighted by molar-refractivity contribution is 5.46. The number of hydrogen-bond acceptors (Lipinski definition) is 4. The molecule has 0 unspecified atom stereocenters. The van der Waals surface area contributed by atoms with Crippen molar-refractivity contribution in [2.75, 3.05) is 13.7 Å². The lowest BCUT2D eigenvalue weighted by Crippen LogP contribution is -2.29. The Morgan fingerprint density at radius 1 is 1.14 bits per heavy atom. The number of ether oxygens (including phenoxy) is 1. The fourth-order valence-electron chi connectivity index (χ4n) is 4.16. The van der Waals surface area contributed by atoms with E-state index in [9.17, 15) is 4.79 Å². The molecule has 0 saturated carbocycles. The SMILES string of the molecule is COc1ccc([C@@H]2CCCCCN2Cc2cc(=O)n3cccc(C)c3n2)cc1. The van der Waals surface area contributed by atoms with Crippen molar-refractivity contribution in [3.63, 3.8) is 0 Å². The number of aromatic nitrogens is 2. The highest BCUT2D eigenvalue weighted by atomic mass is 16.5. The van der Waals surface area contributed by atoms with Crippen molar-refractivity contribution in [1.29, 1.82) is 0 Å². The minimum absolute atomic E-state index is 0.0143. The zero-order chi connectivity index (χ0) is 19.5. The fourth-order valence-corrected chi connectivity index (χ4v) is 4.16. The maximum absolute atomic E-state index is 12.6. The number of pyridine rings is 1. The number of nitrogens with zero attached hydrogens (tertiary/aromatic N) is 3. The van der Waals surface area contributed by atoms with E-state index < -0.39 is 0 Å². The Morgan fingerprint density at radius 3 is 2.75 bits per heavy atom. The Labute approximate surface area is 165 Å². The Morgan fingerprint density at radius 2 is 1.96 bits per heavy atom. The van der Waals surface area contributed by atoms with Gasteiger partial charge in [-0.1, -0.05) is 31.0 Å². The van der Waals surface area contributed by atoms with E-state index in [0.717, 1.165) is 35.6 Å². The van der Waals surface area contributed by atoms with Crippen molar-refractivity contribution in [3.8, 4) is 5.75 Å². The number of benzene rings is 1. The summed E-state index contributed by atoms with van der Waals surface area (Å²) in [4.78, 5) is 19.9. The minimum Gasteiger partial charge on any atom is -0.497 e. The Hall–Kier alpha value is -2.66. The van der Waals surface area contributed by atoms with E-state index in [1.165, 1.54) is 24.8 Å². The van der Waals surface area contributed by atoms with Gasteiger partial charge in [-0.05, 0) is 55.6 Å². The average Bonchev–Trinajstić information content (AvgIpc) is 2.94. The van der Waals surface area contributed by atoms with Gasteiger partial charge in [0.25, 0.3) is 5.56 Å². The van der Waals surface area contributed by atoms with Crippen LogP contribution in [0.15, 0.2) is 53.5 Å². The Balaban J connectivity index is 1.66. The van der Waals surface area contributed by atoms with E-state index in [0.29, 0.717) is 12.6 Å². The van der Waals surface area contributed by atoms with Crippen LogP contribution in [-0.2, 0) is 6.54 Å². The smallest absolute Gasteiger partial charge is 0.258 e. The molecule has 1 aliphatic rings. The van der Waals surface area contributed by atoms with Crippen LogP contribution in [0, 0.1) is 6.92 Å². The predicted octanol–water partition coefficient (Wildman–Crippen LogP) is 4.13. The summed E-state index contributed by atoms with van der Waals surface area (Å²) >= 11 is 0. The van der Waals surface area contributed by atoms with E-state index in [-0.39, 0.29) is 5.56 Å². The summed E-state index contributed by atoms with van der Waals surface area (Å²) in [5, 5.41) is 0. The van der Waals surface area contributed by atoms with Gasteiger partial charge in [-0.2, -0.15) is 0 Å². The normalized spacial score (nSPS) is 18.1. The molecule has 4 rings (SSSR count). The second-order valence-corrected chi connectivity index (χ2v) is 7.58. The molecule has 0 N–H and O–H groups in total. The lowest BCUT2D eigenvalue weighted by molar-refractivity contribution is 0.190. The summed E-state index contributed by atoms with van der Waals surface area (Å²) in [6, 6.07) is 14.3. The molecule has 2 aromatic heterocycles. The van der Waals surface area contributed by atoms with Crippen molar-refractivity contribution in [1.82, 2.24) is 14.3 Å². The quantitative estimate of drug-likeness (QED) is 0.686. The molecule has 0 spiro atoms. The first kappa shape index (κ1) is 18.7. The molecule has 3 aromatic rings. The van der Waals surface area contributed by atoms with E-state index in [2.05, 4.69) is 17.0 Å². The van der Waals surface area contributed by atoms with Crippen LogP contribution in [0.5, 0.6) is 5.75 Å². The van der Waals surface area contributed by atoms with Crippen LogP contribution >= 0.6 is 0 Å². The van der Waals surface area contributed by atoms with Crippen LogP contribution in [-0.4, -0.2) is 27.9 Å². The molecule has 0 amide bonds. The van der Waals surface area contributed by atoms with Crippen LogP contribution in [0.25, 0.3) is 5.65 Å². The second kappa shape index (κ2) is 8.15. The maximum atomic E-state index is 12.6. The molecule has 0 aliphatic carbocycles. The lowest BCUT2D eigenvalue weighted by atomic mass is 10.0. The Kier molecular flexibility index (Phi) is 5.44. The molecule has 0 radical (unpaired) electrons. The van der Waals surface area contributed by atoms with Gasteiger partial charge < -0.3 is 4.74 Å². The Bertz CT molecular complexity index is 1010. The largest absolute Gasteiger partial charge is 0.497 e. The second-order valence-electron chi connectivity index (χ2n) is 7.58. The number of hydrogen-bond donors (Lipinski definition) is 0. The summed E-state index contributed by atoms with van der Waals surface area (Å²) in [5.41, 5.74) is 3.90. The van der Waals surface area contributed by atoms with Crippen LogP contribution in [0.1, 0.15) is 48.5 Å². The monoisotopic (exact) mass is 377 g/mol. The molecule has 0 bridgehead atoms. The highest BCUT2D eigenvalue weighted by Gasteiger charge is 2.23. The van der Waals surface area contributed by atoms with E-state index in [1.54, 1.807) is 23.8 Å². The minimum atomic E-state index is -0.0143. The van der Waals surface area contributed by atoms with Crippen LogP contribution < -0.4 is 10.3 Å². The fraction of sp³-hybridized carbons (Fsp3) is 0.391. The highest BCUT2D eigenvalue weighted by Crippen LogP contribution is 2.32. The summed E-state index contributed by atoms with van der Waals surface area (Å²) in [5.74, 6) is 0.878. The number of fused-ring (bicyclic) bond motifs is 1. The first-order chi connectivity index (χ1) is 13.7. The lowest BCUT2D eigenvalue weighted by Gasteiger charge is -2.30. The summed E-state index contributed by atoms with van der Waals surface area (Å²) in [6.07, 6.45) is 6.56. The molecule has 3 heterocycles. The van der Waals surface area contributed by atoms with Gasteiger partial charge in [-0.15, -0.1) is 0 Å². The molecule has 1 aliphatic heterocycles. The predicted molar refractivity (Wildman–Crippen MR) is 111 cm³/mol. The van der Waals surface area contributed by atoms with Gasteiger partial charge in [0.2, 0.25) is 0 Å². The molecular formula is C23H27N3O2. The summed E-state index contributed by atoms with van der Waals surface area (Å²) in [7, 11) is 1.69. The number of aryl methyl sites for hydroxylation is 1. The van der Waals surface area contributed by atoms with E-state index >= 15 is 0 Å². The third-order valence-electron chi connectivity index (χ3n) is 5.67. The van der Waals surface area contributed by atoms with Gasteiger partial charge in [0.05, 0.1) is 12.8 Å². The standard InChI is InChI=1S/C23H27N3O2/c1-17-7-6-14-26-22(27)15-19(24-23(17)26)16-25-13-5-3-4-8-21(25)18-9-11-20(28-2)12-10-18/h6-7,9-12,14-15,21H,3-5,8,13,16H2,1-2H3/t21-/m0/s1. The van der Waals surface area contributed by atoms with Gasteiger partial charge in [0.15, 0.2) is 0 Å². The van der Waals surface area contributed by atoms with E-state index in [1.807, 2.05) is 31.2 Å². The van der Waals surface area contributed by atoms with Crippen molar-refractivity contribution in [3.05, 3.63) is 75.8 Å². The van der Waals surface area contributed by atoms with Crippen molar-refractivity contribution >= 4 is 5.65 Å². The third-order valence-corrected chi connectivity index (χ3v) is 5.67. The zero-order valence-electron chi connectivity index (χ0n) is 16.6. The van der Waals surface area contributed by atoms with Gasteiger partial charge >= 0.3 is 0 Å². The van der Waals surface area contributed by atoms with Crippen molar-refractivity contribution < 1.29 is 4.74 Å². The first-order valence-electron chi connectivity index (χ1n) is 10.0. The molecule has 1 atom stereocenters. The molecule has 5 heteroatoms. The molecule has 28 heavy (non-hydrogen) atoms. The van der Waals surface area contributed by atoms with Crippen LogP contribution in [0.2, 0.25) is 0 Å². The maximum Gasteiger partial charge on any atom is 0.258 e. The third kappa shape index (κ3) is 3.80. The number of methoxy groups -OCH3 is 1. The molecular weight excluding hydrogens is 350 g/mol. The number of likely N-dealkylation sites (tertiary alicyclic amines) is 1. The average molecular weight is 377 g/mol. The molecule has 5 nitrogen and oxygen atoms in total. The van der Waals surface area contributed by atoms with Gasteiger partial charge in [-0.25, -0.2) is 4.98 Å². The van der Waals surface area contributed by atoms with Crippen LogP contribution in [0.4, 0.5) is 0 Å². The number of rotatable bonds is 4. The summed E-state index contributed by atoms with van der Waals surface area (Å²) in [6.45, 7) is 3.71. The van der Waals surface area contributed by atoms with Crippen LogP contribution in [0.3, 0.4) is 0 Å². The van der Waals surface area contributed by atoms with Crippen molar-refractivity contribution in [2.24, 2.45) is 0 Å². The summed E-state index contributed by atoms with van der Waals surface area (Å²) < 4.78 is 6.94.